The van der Waals surface area contributed by atoms with E-state index in [1.54, 1.807) is 30.3 Å². The molecule has 0 aliphatic rings. The highest BCUT2D eigenvalue weighted by molar-refractivity contribution is 7.92. The predicted molar refractivity (Wildman–Crippen MR) is 119 cm³/mol. The number of carbonyl (C=O) groups is 2. The summed E-state index contributed by atoms with van der Waals surface area (Å²) in [5.41, 5.74) is 0.610. The van der Waals surface area contributed by atoms with Crippen LogP contribution in [0, 0.1) is 0 Å². The highest BCUT2D eigenvalue weighted by Gasteiger charge is 2.22. The highest BCUT2D eigenvalue weighted by atomic mass is 35.5. The summed E-state index contributed by atoms with van der Waals surface area (Å²) in [5.74, 6) is -0.661. The van der Waals surface area contributed by atoms with Crippen LogP contribution in [0.1, 0.15) is 26.3 Å². The number of nitrogens with one attached hydrogen (secondary N) is 2. The van der Waals surface area contributed by atoms with Crippen molar-refractivity contribution in [3.05, 3.63) is 88.4 Å². The van der Waals surface area contributed by atoms with Crippen molar-refractivity contribution in [1.82, 2.24) is 5.32 Å². The standard InChI is InChI=1S/C22H19ClN2O5S/c1-24-22(27)18-13-16(9-11-20(18)30-2)31(28,29)25-19-10-8-15(23)12-17(19)21(26)14-6-4-3-5-7-14/h3-13,25H,1-2H3,(H,24,27). The zero-order chi connectivity index (χ0) is 22.6. The molecule has 0 aliphatic carbocycles. The molecule has 160 valence electrons. The lowest BCUT2D eigenvalue weighted by atomic mass is 10.0. The largest absolute Gasteiger partial charge is 0.496 e. The quantitative estimate of drug-likeness (QED) is 0.525. The average molecular weight is 459 g/mol. The van der Waals surface area contributed by atoms with Crippen molar-refractivity contribution in [2.24, 2.45) is 0 Å². The molecule has 31 heavy (non-hydrogen) atoms. The number of sulfonamides is 1. The second-order valence-corrected chi connectivity index (χ2v) is 8.55. The fourth-order valence-corrected chi connectivity index (χ4v) is 4.19. The molecule has 0 saturated carbocycles. The summed E-state index contributed by atoms with van der Waals surface area (Å²) in [6.07, 6.45) is 0. The Balaban J connectivity index is 2.03. The van der Waals surface area contributed by atoms with Gasteiger partial charge in [0.05, 0.1) is 23.3 Å². The van der Waals surface area contributed by atoms with Gasteiger partial charge in [0.2, 0.25) is 0 Å². The first-order chi connectivity index (χ1) is 14.8. The van der Waals surface area contributed by atoms with E-state index in [1.165, 1.54) is 50.6 Å². The van der Waals surface area contributed by atoms with Gasteiger partial charge in [-0.1, -0.05) is 41.9 Å². The molecular weight excluding hydrogens is 440 g/mol. The van der Waals surface area contributed by atoms with Crippen LogP contribution >= 0.6 is 11.6 Å². The van der Waals surface area contributed by atoms with Crippen LogP contribution in [0.4, 0.5) is 5.69 Å². The van der Waals surface area contributed by atoms with Gasteiger partial charge in [0.25, 0.3) is 15.9 Å². The molecule has 3 rings (SSSR count). The van der Waals surface area contributed by atoms with Crippen molar-refractivity contribution in [2.75, 3.05) is 18.9 Å². The summed E-state index contributed by atoms with van der Waals surface area (Å²) in [7, 11) is -1.33. The monoisotopic (exact) mass is 458 g/mol. The van der Waals surface area contributed by atoms with Gasteiger partial charge in [-0.2, -0.15) is 0 Å². The number of rotatable bonds is 7. The Bertz CT molecular complexity index is 1240. The van der Waals surface area contributed by atoms with E-state index in [4.69, 9.17) is 16.3 Å². The summed E-state index contributed by atoms with van der Waals surface area (Å²) in [6.45, 7) is 0. The molecule has 0 saturated heterocycles. The Labute approximate surface area is 185 Å². The number of halogens is 1. The molecule has 3 aromatic rings. The lowest BCUT2D eigenvalue weighted by molar-refractivity contribution is 0.0959. The molecule has 2 N–H and O–H groups in total. The minimum Gasteiger partial charge on any atom is -0.496 e. The first-order valence-electron chi connectivity index (χ1n) is 9.09. The first kappa shape index (κ1) is 22.3. The highest BCUT2D eigenvalue weighted by Crippen LogP contribution is 2.28. The fourth-order valence-electron chi connectivity index (χ4n) is 2.91. The third kappa shape index (κ3) is 4.87. The molecule has 0 fully saturated rings. The van der Waals surface area contributed by atoms with Crippen LogP contribution in [0.5, 0.6) is 5.75 Å². The van der Waals surface area contributed by atoms with Crippen LogP contribution in [0.25, 0.3) is 0 Å². The maximum atomic E-state index is 13.0. The smallest absolute Gasteiger partial charge is 0.261 e. The summed E-state index contributed by atoms with van der Waals surface area (Å²) < 4.78 is 33.6. The zero-order valence-electron chi connectivity index (χ0n) is 16.7. The number of amides is 1. The van der Waals surface area contributed by atoms with Crippen LogP contribution in [-0.4, -0.2) is 34.3 Å². The van der Waals surface area contributed by atoms with Crippen molar-refractivity contribution in [1.29, 1.82) is 0 Å². The van der Waals surface area contributed by atoms with Gasteiger partial charge < -0.3 is 10.1 Å². The molecule has 0 aromatic heterocycles. The molecule has 0 bridgehead atoms. The average Bonchev–Trinajstić information content (AvgIpc) is 2.79. The molecule has 9 heteroatoms. The van der Waals surface area contributed by atoms with Crippen LogP contribution < -0.4 is 14.8 Å². The molecule has 0 spiro atoms. The Morgan fingerprint density at radius 2 is 1.65 bits per heavy atom. The molecule has 0 atom stereocenters. The van der Waals surface area contributed by atoms with E-state index in [0.29, 0.717) is 5.56 Å². The van der Waals surface area contributed by atoms with Crippen LogP contribution in [-0.2, 0) is 10.0 Å². The predicted octanol–water partition coefficient (Wildman–Crippen LogP) is 3.74. The van der Waals surface area contributed by atoms with Gasteiger partial charge in [0.1, 0.15) is 5.75 Å². The van der Waals surface area contributed by atoms with Crippen LogP contribution in [0.3, 0.4) is 0 Å². The first-order valence-corrected chi connectivity index (χ1v) is 10.9. The van der Waals surface area contributed by atoms with Gasteiger partial charge in [0.15, 0.2) is 5.78 Å². The summed E-state index contributed by atoms with van der Waals surface area (Å²) >= 11 is 6.05. The molecule has 0 radical (unpaired) electrons. The van der Waals surface area contributed by atoms with E-state index in [1.807, 2.05) is 0 Å². The Kier molecular flexibility index (Phi) is 6.62. The number of hydrogen-bond donors (Lipinski definition) is 2. The number of benzene rings is 3. The molecule has 0 heterocycles. The van der Waals surface area contributed by atoms with Gasteiger partial charge >= 0.3 is 0 Å². The molecule has 0 aliphatic heterocycles. The van der Waals surface area contributed by atoms with E-state index in [9.17, 15) is 18.0 Å². The van der Waals surface area contributed by atoms with Crippen molar-refractivity contribution in [2.45, 2.75) is 4.90 Å². The van der Waals surface area contributed by atoms with Crippen LogP contribution in [0.15, 0.2) is 71.6 Å². The normalized spacial score (nSPS) is 10.9. The number of ether oxygens (including phenoxy) is 1. The maximum absolute atomic E-state index is 13.0. The summed E-state index contributed by atoms with van der Waals surface area (Å²) in [4.78, 5) is 24.9. The van der Waals surface area contributed by atoms with Crippen LogP contribution in [0.2, 0.25) is 5.02 Å². The van der Waals surface area contributed by atoms with E-state index < -0.39 is 15.9 Å². The van der Waals surface area contributed by atoms with E-state index >= 15 is 0 Å². The zero-order valence-corrected chi connectivity index (χ0v) is 18.3. The topological polar surface area (TPSA) is 102 Å². The lowest BCUT2D eigenvalue weighted by Crippen LogP contribution is -2.20. The third-order valence-electron chi connectivity index (χ3n) is 4.46. The fraction of sp³-hybridized carbons (Fsp3) is 0.0909. The third-order valence-corrected chi connectivity index (χ3v) is 6.06. The number of methoxy groups -OCH3 is 1. The van der Waals surface area contributed by atoms with Gasteiger partial charge in [-0.15, -0.1) is 0 Å². The van der Waals surface area contributed by atoms with Gasteiger partial charge in [-0.25, -0.2) is 8.42 Å². The maximum Gasteiger partial charge on any atom is 0.261 e. The number of ketones is 1. The number of carbonyl (C=O) groups excluding carboxylic acids is 2. The minimum atomic E-state index is -4.13. The molecule has 7 nitrogen and oxygen atoms in total. The molecule has 1 amide bonds. The Morgan fingerprint density at radius 3 is 2.29 bits per heavy atom. The van der Waals surface area contributed by atoms with Crippen molar-refractivity contribution < 1.29 is 22.7 Å². The summed E-state index contributed by atoms with van der Waals surface area (Å²) in [5, 5.41) is 2.73. The SMILES string of the molecule is CNC(=O)c1cc(S(=O)(=O)Nc2ccc(Cl)cc2C(=O)c2ccccc2)ccc1OC. The molecular formula is C22H19ClN2O5S. The van der Waals surface area contributed by atoms with Gasteiger partial charge in [-0.05, 0) is 36.4 Å². The van der Waals surface area contributed by atoms with E-state index in [2.05, 4.69) is 10.0 Å². The molecule has 0 unspecified atom stereocenters. The molecule has 3 aromatic carbocycles. The van der Waals surface area contributed by atoms with Gasteiger partial charge in [0, 0.05) is 23.2 Å². The second kappa shape index (κ2) is 9.20. The Morgan fingerprint density at radius 1 is 0.935 bits per heavy atom. The lowest BCUT2D eigenvalue weighted by Gasteiger charge is -2.14. The van der Waals surface area contributed by atoms with E-state index in [-0.39, 0.29) is 38.3 Å². The van der Waals surface area contributed by atoms with E-state index in [0.717, 1.165) is 0 Å². The van der Waals surface area contributed by atoms with Gasteiger partial charge in [-0.3, -0.25) is 14.3 Å². The Hall–Kier alpha value is -3.36. The number of hydrogen-bond acceptors (Lipinski definition) is 5. The second-order valence-electron chi connectivity index (χ2n) is 6.43. The van der Waals surface area contributed by atoms with Crippen molar-refractivity contribution >= 4 is 39.0 Å². The van der Waals surface area contributed by atoms with Crippen molar-refractivity contribution in [3.8, 4) is 5.75 Å². The number of anilines is 1. The summed E-state index contributed by atoms with van der Waals surface area (Å²) in [6, 6.07) is 16.6. The minimum absolute atomic E-state index is 0.0598. The van der Waals surface area contributed by atoms with Crippen molar-refractivity contribution in [3.63, 3.8) is 0 Å².